The molecule has 2 saturated carbocycles. The predicted molar refractivity (Wildman–Crippen MR) is 169 cm³/mol. The van der Waals surface area contributed by atoms with Crippen LogP contribution in [0.5, 0.6) is 17.2 Å². The lowest BCUT2D eigenvalue weighted by Gasteiger charge is -2.37. The molecule has 0 amide bonds. The Hall–Kier alpha value is -2.20. The number of hydrogen-bond donors (Lipinski definition) is 0. The van der Waals surface area contributed by atoms with E-state index in [1.54, 1.807) is 0 Å². The van der Waals surface area contributed by atoms with E-state index in [0.717, 1.165) is 106 Å². The fourth-order valence-electron chi connectivity index (χ4n) is 6.57. The average Bonchev–Trinajstić information content (AvgIpc) is 2.99. The standard InChI is InChI=1S/C37H56O4/c1-29-10-14-32(15-11-29)33-16-20-35(21-17-33)39-26-8-9-27-41-37-23-22-36(28-31(37)3)40-25-7-5-4-6-24-38-34-18-12-30(2)13-19-34/h12-13,18-19,22-23,28-29,32-33,35H,4-11,14-17,20-21,24-27H2,1-3H3. The normalized spacial score (nSPS) is 22.8. The van der Waals surface area contributed by atoms with Crippen molar-refractivity contribution in [3.05, 3.63) is 53.6 Å². The molecule has 4 rings (SSSR count). The molecule has 4 heteroatoms. The largest absolute Gasteiger partial charge is 0.494 e. The molecule has 0 saturated heterocycles. The topological polar surface area (TPSA) is 36.9 Å². The highest BCUT2D eigenvalue weighted by Gasteiger charge is 2.30. The molecule has 2 aliphatic rings. The van der Waals surface area contributed by atoms with Crippen molar-refractivity contribution in [3.8, 4) is 17.2 Å². The zero-order valence-electron chi connectivity index (χ0n) is 26.2. The van der Waals surface area contributed by atoms with Gasteiger partial charge in [-0.05, 0) is 145 Å². The monoisotopic (exact) mass is 564 g/mol. The Labute approximate surface area is 250 Å². The minimum Gasteiger partial charge on any atom is -0.494 e. The molecule has 0 radical (unpaired) electrons. The van der Waals surface area contributed by atoms with Gasteiger partial charge in [-0.3, -0.25) is 0 Å². The van der Waals surface area contributed by atoms with E-state index in [-0.39, 0.29) is 0 Å². The summed E-state index contributed by atoms with van der Waals surface area (Å²) in [6.07, 6.45) is 18.2. The second-order valence-corrected chi connectivity index (χ2v) is 12.8. The number of rotatable bonds is 17. The van der Waals surface area contributed by atoms with Crippen molar-refractivity contribution in [2.75, 3.05) is 26.4 Å². The van der Waals surface area contributed by atoms with E-state index in [9.17, 15) is 0 Å². The zero-order chi connectivity index (χ0) is 28.7. The summed E-state index contributed by atoms with van der Waals surface area (Å²) in [7, 11) is 0. The Bertz CT molecular complexity index is 971. The molecule has 0 aromatic heterocycles. The van der Waals surface area contributed by atoms with Crippen molar-refractivity contribution in [2.45, 2.75) is 117 Å². The molecular weight excluding hydrogens is 508 g/mol. The Morgan fingerprint density at radius 2 is 1.10 bits per heavy atom. The molecule has 0 bridgehead atoms. The first-order chi connectivity index (χ1) is 20.1. The van der Waals surface area contributed by atoms with Crippen LogP contribution in [-0.4, -0.2) is 32.5 Å². The lowest BCUT2D eigenvalue weighted by atomic mass is 9.71. The Morgan fingerprint density at radius 3 is 1.76 bits per heavy atom. The smallest absolute Gasteiger partial charge is 0.122 e. The number of hydrogen-bond acceptors (Lipinski definition) is 4. The van der Waals surface area contributed by atoms with E-state index in [1.807, 2.05) is 18.2 Å². The Kier molecular flexibility index (Phi) is 13.7. The maximum Gasteiger partial charge on any atom is 0.122 e. The first-order valence-electron chi connectivity index (χ1n) is 16.7. The highest BCUT2D eigenvalue weighted by atomic mass is 16.5. The van der Waals surface area contributed by atoms with Gasteiger partial charge in [-0.1, -0.05) is 37.5 Å². The van der Waals surface area contributed by atoms with Crippen molar-refractivity contribution in [3.63, 3.8) is 0 Å². The van der Waals surface area contributed by atoms with Crippen LogP contribution >= 0.6 is 0 Å². The van der Waals surface area contributed by atoms with Crippen molar-refractivity contribution in [2.24, 2.45) is 17.8 Å². The van der Waals surface area contributed by atoms with Crippen LogP contribution in [0.2, 0.25) is 0 Å². The lowest BCUT2D eigenvalue weighted by Crippen LogP contribution is -2.28. The number of benzene rings is 2. The summed E-state index contributed by atoms with van der Waals surface area (Å²) in [6, 6.07) is 14.4. The van der Waals surface area contributed by atoms with Gasteiger partial charge in [0.05, 0.1) is 25.9 Å². The minimum atomic E-state index is 0.488. The van der Waals surface area contributed by atoms with Gasteiger partial charge in [0.2, 0.25) is 0 Å². The van der Waals surface area contributed by atoms with Gasteiger partial charge in [-0.2, -0.15) is 0 Å². The quantitative estimate of drug-likeness (QED) is 0.179. The summed E-state index contributed by atoms with van der Waals surface area (Å²) in [6.45, 7) is 9.75. The number of ether oxygens (including phenoxy) is 4. The maximum atomic E-state index is 6.25. The second-order valence-electron chi connectivity index (χ2n) is 12.8. The molecular formula is C37H56O4. The van der Waals surface area contributed by atoms with Crippen LogP contribution in [0.3, 0.4) is 0 Å². The van der Waals surface area contributed by atoms with Gasteiger partial charge < -0.3 is 18.9 Å². The van der Waals surface area contributed by atoms with E-state index in [0.29, 0.717) is 6.10 Å². The molecule has 2 aromatic rings. The van der Waals surface area contributed by atoms with Crippen LogP contribution < -0.4 is 14.2 Å². The van der Waals surface area contributed by atoms with Crippen molar-refractivity contribution in [1.29, 1.82) is 0 Å². The van der Waals surface area contributed by atoms with E-state index < -0.39 is 0 Å². The van der Waals surface area contributed by atoms with Gasteiger partial charge in [-0.25, -0.2) is 0 Å². The molecule has 0 heterocycles. The second kappa shape index (κ2) is 17.7. The molecule has 2 aliphatic carbocycles. The van der Waals surface area contributed by atoms with Crippen LogP contribution in [0.4, 0.5) is 0 Å². The minimum absolute atomic E-state index is 0.488. The summed E-state index contributed by atoms with van der Waals surface area (Å²) >= 11 is 0. The molecule has 0 spiro atoms. The average molecular weight is 565 g/mol. The number of unbranched alkanes of at least 4 members (excludes halogenated alkanes) is 4. The van der Waals surface area contributed by atoms with E-state index >= 15 is 0 Å². The molecule has 0 N–H and O–H groups in total. The van der Waals surface area contributed by atoms with Crippen molar-refractivity contribution >= 4 is 0 Å². The molecule has 2 fully saturated rings. The molecule has 41 heavy (non-hydrogen) atoms. The van der Waals surface area contributed by atoms with E-state index in [1.165, 1.54) is 56.9 Å². The molecule has 2 aromatic carbocycles. The third-order valence-electron chi connectivity index (χ3n) is 9.34. The first kappa shape index (κ1) is 31.7. The van der Waals surface area contributed by atoms with E-state index in [2.05, 4.69) is 45.0 Å². The van der Waals surface area contributed by atoms with Crippen molar-refractivity contribution < 1.29 is 18.9 Å². The number of aryl methyl sites for hydroxylation is 2. The summed E-state index contributed by atoms with van der Waals surface area (Å²) in [5, 5.41) is 0. The molecule has 4 nitrogen and oxygen atoms in total. The highest BCUT2D eigenvalue weighted by molar-refractivity contribution is 5.39. The van der Waals surface area contributed by atoms with Crippen molar-refractivity contribution in [1.82, 2.24) is 0 Å². The van der Waals surface area contributed by atoms with Gasteiger partial charge in [0.15, 0.2) is 0 Å². The van der Waals surface area contributed by atoms with Gasteiger partial charge in [-0.15, -0.1) is 0 Å². The van der Waals surface area contributed by atoms with Gasteiger partial charge >= 0.3 is 0 Å². The van der Waals surface area contributed by atoms with E-state index in [4.69, 9.17) is 18.9 Å². The SMILES string of the molecule is Cc1ccc(OCCCCCCOc2ccc(OCCCCOC3CCC(C4CCC(C)CC4)CC3)c(C)c2)cc1. The van der Waals surface area contributed by atoms with Gasteiger partial charge in [0.1, 0.15) is 17.2 Å². The first-order valence-corrected chi connectivity index (χ1v) is 16.7. The van der Waals surface area contributed by atoms with Crippen LogP contribution in [0.25, 0.3) is 0 Å². The Balaban J connectivity index is 0.977. The third kappa shape index (κ3) is 11.5. The fraction of sp³-hybridized carbons (Fsp3) is 0.676. The van der Waals surface area contributed by atoms with Crippen LogP contribution in [0, 0.1) is 31.6 Å². The maximum absolute atomic E-state index is 6.25. The van der Waals surface area contributed by atoms with Crippen LogP contribution in [-0.2, 0) is 4.74 Å². The van der Waals surface area contributed by atoms with Crippen LogP contribution in [0.15, 0.2) is 42.5 Å². The predicted octanol–water partition coefficient (Wildman–Crippen LogP) is 9.88. The third-order valence-corrected chi connectivity index (χ3v) is 9.34. The molecule has 228 valence electrons. The molecule has 0 atom stereocenters. The Morgan fingerprint density at radius 1 is 0.561 bits per heavy atom. The highest BCUT2D eigenvalue weighted by Crippen LogP contribution is 2.40. The lowest BCUT2D eigenvalue weighted by molar-refractivity contribution is 0.00494. The molecule has 0 unspecified atom stereocenters. The van der Waals surface area contributed by atoms with Gasteiger partial charge in [0.25, 0.3) is 0 Å². The van der Waals surface area contributed by atoms with Crippen LogP contribution in [0.1, 0.15) is 108 Å². The van der Waals surface area contributed by atoms with Gasteiger partial charge in [0, 0.05) is 6.61 Å². The summed E-state index contributed by atoms with van der Waals surface area (Å²) in [5.74, 6) is 5.78. The zero-order valence-corrected chi connectivity index (χ0v) is 26.2. The fourth-order valence-corrected chi connectivity index (χ4v) is 6.57. The summed E-state index contributed by atoms with van der Waals surface area (Å²) in [5.41, 5.74) is 2.40. The summed E-state index contributed by atoms with van der Waals surface area (Å²) in [4.78, 5) is 0. The molecule has 0 aliphatic heterocycles. The summed E-state index contributed by atoms with van der Waals surface area (Å²) < 4.78 is 24.1.